The summed E-state index contributed by atoms with van der Waals surface area (Å²) in [5, 5.41) is 0. The molecule has 0 bridgehead atoms. The molecule has 1 unspecified atom stereocenters. The fraction of sp³-hybridized carbons (Fsp3) is 0.900. The van der Waals surface area contributed by atoms with Gasteiger partial charge in [-0.05, 0) is 24.5 Å². The molecular formula is C10H18OS. The predicted octanol–water partition coefficient (Wildman–Crippen LogP) is 2.74. The van der Waals surface area contributed by atoms with E-state index in [1.54, 1.807) is 0 Å². The van der Waals surface area contributed by atoms with Gasteiger partial charge < -0.3 is 0 Å². The zero-order valence-electron chi connectivity index (χ0n) is 8.01. The van der Waals surface area contributed by atoms with Crippen LogP contribution in [-0.4, -0.2) is 17.3 Å². The second-order valence-corrected chi connectivity index (χ2v) is 4.80. The van der Waals surface area contributed by atoms with Crippen molar-refractivity contribution in [1.29, 1.82) is 0 Å². The predicted molar refractivity (Wildman–Crippen MR) is 54.5 cm³/mol. The molecule has 0 amide bonds. The van der Waals surface area contributed by atoms with Crippen LogP contribution in [0.15, 0.2) is 0 Å². The van der Waals surface area contributed by atoms with Crippen molar-refractivity contribution in [2.24, 2.45) is 11.8 Å². The van der Waals surface area contributed by atoms with Crippen LogP contribution in [0.3, 0.4) is 0 Å². The maximum atomic E-state index is 11.3. The average Bonchev–Trinajstić information content (AvgIpc) is 2.86. The average molecular weight is 186 g/mol. The normalized spacial score (nSPS) is 19.2. The van der Waals surface area contributed by atoms with E-state index in [2.05, 4.69) is 13.8 Å². The molecule has 0 N–H and O–H groups in total. The van der Waals surface area contributed by atoms with E-state index in [0.29, 0.717) is 11.7 Å². The minimum atomic E-state index is 0.453. The topological polar surface area (TPSA) is 17.1 Å². The monoisotopic (exact) mass is 186 g/mol. The van der Waals surface area contributed by atoms with E-state index in [1.165, 1.54) is 6.42 Å². The standard InChI is InChI=1S/C10H18OS/c1-3-8(2)6-12-7-10(11)9-4-5-9/h8-9H,3-7H2,1-2H3. The van der Waals surface area contributed by atoms with Crippen molar-refractivity contribution in [2.75, 3.05) is 11.5 Å². The van der Waals surface area contributed by atoms with E-state index >= 15 is 0 Å². The van der Waals surface area contributed by atoms with E-state index in [4.69, 9.17) is 0 Å². The summed E-state index contributed by atoms with van der Waals surface area (Å²) in [6.07, 6.45) is 3.54. The molecule has 2 heteroatoms. The third-order valence-electron chi connectivity index (χ3n) is 2.38. The summed E-state index contributed by atoms with van der Waals surface area (Å²) >= 11 is 1.81. The van der Waals surface area contributed by atoms with Gasteiger partial charge in [0.1, 0.15) is 5.78 Å². The van der Waals surface area contributed by atoms with Gasteiger partial charge in [0, 0.05) is 5.92 Å². The first-order chi connectivity index (χ1) is 5.74. The van der Waals surface area contributed by atoms with Gasteiger partial charge in [0.15, 0.2) is 0 Å². The van der Waals surface area contributed by atoms with Crippen molar-refractivity contribution in [3.05, 3.63) is 0 Å². The summed E-state index contributed by atoms with van der Waals surface area (Å²) in [7, 11) is 0. The van der Waals surface area contributed by atoms with Crippen LogP contribution in [0, 0.1) is 11.8 Å². The van der Waals surface area contributed by atoms with Gasteiger partial charge in [0.2, 0.25) is 0 Å². The Kier molecular flexibility index (Phi) is 4.13. The Hall–Kier alpha value is 0.0200. The molecule has 0 aromatic rings. The molecule has 0 radical (unpaired) electrons. The summed E-state index contributed by atoms with van der Waals surface area (Å²) in [5.74, 6) is 3.61. The molecule has 1 aliphatic carbocycles. The first-order valence-electron chi connectivity index (χ1n) is 4.84. The summed E-state index contributed by atoms with van der Waals surface area (Å²) in [4.78, 5) is 11.3. The molecule has 1 nitrogen and oxygen atoms in total. The molecule has 0 saturated heterocycles. The third-order valence-corrected chi connectivity index (χ3v) is 3.67. The fourth-order valence-electron chi connectivity index (χ4n) is 1.00. The smallest absolute Gasteiger partial charge is 0.145 e. The number of hydrogen-bond acceptors (Lipinski definition) is 2. The molecule has 1 atom stereocenters. The van der Waals surface area contributed by atoms with Crippen LogP contribution >= 0.6 is 11.8 Å². The Morgan fingerprint density at radius 2 is 2.25 bits per heavy atom. The minimum Gasteiger partial charge on any atom is -0.298 e. The number of Topliss-reactive ketones (excluding diaryl/α,β-unsaturated/α-hetero) is 1. The fourth-order valence-corrected chi connectivity index (χ4v) is 2.19. The Bertz CT molecular complexity index is 152. The number of carbonyl (C=O) groups is 1. The van der Waals surface area contributed by atoms with Crippen LogP contribution in [0.4, 0.5) is 0 Å². The molecule has 70 valence electrons. The van der Waals surface area contributed by atoms with Crippen LogP contribution in [0.25, 0.3) is 0 Å². The van der Waals surface area contributed by atoms with Crippen LogP contribution in [0.1, 0.15) is 33.1 Å². The Labute approximate surface area is 79.3 Å². The molecule has 12 heavy (non-hydrogen) atoms. The van der Waals surface area contributed by atoms with Crippen molar-refractivity contribution in [1.82, 2.24) is 0 Å². The number of carbonyl (C=O) groups excluding carboxylic acids is 1. The van der Waals surface area contributed by atoms with Gasteiger partial charge in [-0.15, -0.1) is 0 Å². The van der Waals surface area contributed by atoms with Gasteiger partial charge >= 0.3 is 0 Å². The second-order valence-electron chi connectivity index (χ2n) is 3.77. The van der Waals surface area contributed by atoms with Crippen LogP contribution < -0.4 is 0 Å². The van der Waals surface area contributed by atoms with Gasteiger partial charge in [-0.3, -0.25) is 4.79 Å². The van der Waals surface area contributed by atoms with Gasteiger partial charge in [0.25, 0.3) is 0 Å². The molecule has 0 aliphatic heterocycles. The first-order valence-corrected chi connectivity index (χ1v) is 6.00. The van der Waals surface area contributed by atoms with Crippen molar-refractivity contribution >= 4 is 17.5 Å². The SMILES string of the molecule is CCC(C)CSCC(=O)C1CC1. The van der Waals surface area contributed by atoms with Crippen molar-refractivity contribution in [3.8, 4) is 0 Å². The zero-order valence-corrected chi connectivity index (χ0v) is 8.82. The second kappa shape index (κ2) is 4.90. The quantitative estimate of drug-likeness (QED) is 0.634. The highest BCUT2D eigenvalue weighted by Gasteiger charge is 2.28. The number of ketones is 1. The van der Waals surface area contributed by atoms with Crippen LogP contribution in [0.5, 0.6) is 0 Å². The number of rotatable bonds is 6. The molecule has 0 spiro atoms. The molecule has 0 aromatic heterocycles. The maximum absolute atomic E-state index is 11.3. The van der Waals surface area contributed by atoms with Gasteiger partial charge in [-0.25, -0.2) is 0 Å². The first kappa shape index (κ1) is 10.1. The number of hydrogen-bond donors (Lipinski definition) is 0. The Balaban J connectivity index is 1.97. The lowest BCUT2D eigenvalue weighted by Crippen LogP contribution is -2.06. The summed E-state index contributed by atoms with van der Waals surface area (Å²) in [5.41, 5.74) is 0. The highest BCUT2D eigenvalue weighted by molar-refractivity contribution is 7.99. The van der Waals surface area contributed by atoms with E-state index in [0.717, 1.165) is 30.3 Å². The van der Waals surface area contributed by atoms with E-state index < -0.39 is 0 Å². The van der Waals surface area contributed by atoms with Crippen molar-refractivity contribution in [3.63, 3.8) is 0 Å². The van der Waals surface area contributed by atoms with E-state index in [-0.39, 0.29) is 0 Å². The van der Waals surface area contributed by atoms with Crippen LogP contribution in [-0.2, 0) is 4.79 Å². The lowest BCUT2D eigenvalue weighted by atomic mass is 10.2. The molecule has 0 aromatic carbocycles. The largest absolute Gasteiger partial charge is 0.298 e. The molecule has 1 fully saturated rings. The summed E-state index contributed by atoms with van der Waals surface area (Å²) < 4.78 is 0. The van der Waals surface area contributed by atoms with Gasteiger partial charge in [-0.2, -0.15) is 11.8 Å². The van der Waals surface area contributed by atoms with E-state index in [1.807, 2.05) is 11.8 Å². The Morgan fingerprint density at radius 1 is 1.58 bits per heavy atom. The maximum Gasteiger partial charge on any atom is 0.145 e. The zero-order chi connectivity index (χ0) is 8.97. The summed E-state index contributed by atoms with van der Waals surface area (Å²) in [6.45, 7) is 4.45. The third kappa shape index (κ3) is 3.61. The lowest BCUT2D eigenvalue weighted by molar-refractivity contribution is -0.117. The highest BCUT2D eigenvalue weighted by Crippen LogP contribution is 2.31. The molecule has 1 saturated carbocycles. The van der Waals surface area contributed by atoms with Crippen LogP contribution in [0.2, 0.25) is 0 Å². The van der Waals surface area contributed by atoms with Gasteiger partial charge in [-0.1, -0.05) is 20.3 Å². The molecule has 1 aliphatic rings. The molecule has 1 rings (SSSR count). The summed E-state index contributed by atoms with van der Waals surface area (Å²) in [6, 6.07) is 0. The lowest BCUT2D eigenvalue weighted by Gasteiger charge is -2.06. The minimum absolute atomic E-state index is 0.453. The molecular weight excluding hydrogens is 168 g/mol. The van der Waals surface area contributed by atoms with Crippen molar-refractivity contribution < 1.29 is 4.79 Å². The highest BCUT2D eigenvalue weighted by atomic mass is 32.2. The van der Waals surface area contributed by atoms with E-state index in [9.17, 15) is 4.79 Å². The van der Waals surface area contributed by atoms with Crippen molar-refractivity contribution in [2.45, 2.75) is 33.1 Å². The number of thioether (sulfide) groups is 1. The molecule has 0 heterocycles. The van der Waals surface area contributed by atoms with Gasteiger partial charge in [0.05, 0.1) is 5.75 Å². The Morgan fingerprint density at radius 3 is 2.75 bits per heavy atom.